The van der Waals surface area contributed by atoms with E-state index < -0.39 is 23.7 Å². The number of hydrogen-bond donors (Lipinski definition) is 1. The average Bonchev–Trinajstić information content (AvgIpc) is 3.40. The van der Waals surface area contributed by atoms with Gasteiger partial charge in [0.1, 0.15) is 28.7 Å². The molecule has 0 bridgehead atoms. The number of halogens is 1. The summed E-state index contributed by atoms with van der Waals surface area (Å²) in [6, 6.07) is 15.7. The number of rotatable bonds is 8. The van der Waals surface area contributed by atoms with E-state index in [0.29, 0.717) is 28.5 Å². The Kier molecular flexibility index (Phi) is 8.93. The fourth-order valence-electron chi connectivity index (χ4n) is 7.85. The Labute approximate surface area is 302 Å². The Morgan fingerprint density at radius 3 is 2.22 bits per heavy atom. The molecule has 1 N–H and O–H groups in total. The second-order valence-corrected chi connectivity index (χ2v) is 13.6. The lowest BCUT2D eigenvalue weighted by Gasteiger charge is -2.42. The first kappa shape index (κ1) is 34.0. The Bertz CT molecular complexity index is 2130. The predicted molar refractivity (Wildman–Crippen MR) is 193 cm³/mol. The Morgan fingerprint density at radius 1 is 0.804 bits per heavy atom. The molecule has 10 nitrogen and oxygen atoms in total. The highest BCUT2D eigenvalue weighted by Crippen LogP contribution is 2.58. The van der Waals surface area contributed by atoms with Crippen LogP contribution < -0.4 is 23.8 Å². The summed E-state index contributed by atoms with van der Waals surface area (Å²) in [5.41, 5.74) is 3.56. The number of amides is 2. The van der Waals surface area contributed by atoms with E-state index in [1.807, 2.05) is 48.6 Å². The number of ether oxygens (including phenoxy) is 4. The fraction of sp³-hybridized carbons (Fsp3) is 0.250. The number of nitrogens with zero attached hydrogens (tertiary/aromatic N) is 1. The summed E-state index contributed by atoms with van der Waals surface area (Å²) in [4.78, 5) is 56.9. The number of fused-ring (bicyclic) bond motifs is 3. The zero-order chi connectivity index (χ0) is 36.1. The maximum atomic E-state index is 14.4. The number of aromatic hydroxyl groups is 1. The number of ketones is 2. The van der Waals surface area contributed by atoms with Crippen molar-refractivity contribution < 1.29 is 43.2 Å². The summed E-state index contributed by atoms with van der Waals surface area (Å²) < 4.78 is 21.9. The molecule has 7 rings (SSSR count). The molecule has 4 unspecified atom stereocenters. The number of phenolic OH excluding ortho intramolecular Hbond substituents is 1. The predicted octanol–water partition coefficient (Wildman–Crippen LogP) is 6.56. The number of benzene rings is 3. The van der Waals surface area contributed by atoms with E-state index in [2.05, 4.69) is 15.9 Å². The smallest absolute Gasteiger partial charge is 0.238 e. The van der Waals surface area contributed by atoms with Crippen LogP contribution in [0.25, 0.3) is 12.2 Å². The van der Waals surface area contributed by atoms with Gasteiger partial charge in [-0.25, -0.2) is 0 Å². The Balaban J connectivity index is 1.24. The van der Waals surface area contributed by atoms with E-state index in [1.165, 1.54) is 31.3 Å². The van der Waals surface area contributed by atoms with Gasteiger partial charge in [0.15, 0.2) is 11.6 Å². The van der Waals surface area contributed by atoms with Gasteiger partial charge in [-0.1, -0.05) is 35.9 Å². The summed E-state index contributed by atoms with van der Waals surface area (Å²) >= 11 is 3.25. The van der Waals surface area contributed by atoms with Crippen molar-refractivity contribution in [1.29, 1.82) is 0 Å². The Morgan fingerprint density at radius 2 is 1.53 bits per heavy atom. The molecule has 51 heavy (non-hydrogen) atoms. The molecular weight excluding hydrogens is 718 g/mol. The zero-order valence-corrected chi connectivity index (χ0v) is 29.9. The van der Waals surface area contributed by atoms with Crippen molar-refractivity contribution in [3.8, 4) is 28.7 Å². The van der Waals surface area contributed by atoms with E-state index >= 15 is 0 Å². The molecule has 1 saturated heterocycles. The van der Waals surface area contributed by atoms with Crippen LogP contribution in [0.2, 0.25) is 0 Å². The van der Waals surface area contributed by atoms with Crippen molar-refractivity contribution in [1.82, 2.24) is 0 Å². The average molecular weight is 753 g/mol. The SMILES string of the molecule is COc1ccc(OC)c(C=Cc2ccc(N3C(=O)C4CC=C5C(c6c(O)cc(OC)cc6OC)C6=C(CC5C4C3=O)C(=O)C(Br)=CC6=O)cc2)c1. The number of phenols is 1. The van der Waals surface area contributed by atoms with Gasteiger partial charge in [0.2, 0.25) is 11.8 Å². The first-order valence-electron chi connectivity index (χ1n) is 16.3. The van der Waals surface area contributed by atoms with E-state index in [0.717, 1.165) is 11.1 Å². The van der Waals surface area contributed by atoms with Crippen LogP contribution in [-0.2, 0) is 19.2 Å². The van der Waals surface area contributed by atoms with Crippen molar-refractivity contribution in [2.75, 3.05) is 33.3 Å². The van der Waals surface area contributed by atoms with E-state index in [4.69, 9.17) is 18.9 Å². The molecule has 0 spiro atoms. The summed E-state index contributed by atoms with van der Waals surface area (Å²) in [5.74, 6) is -2.57. The fourth-order valence-corrected chi connectivity index (χ4v) is 8.29. The summed E-state index contributed by atoms with van der Waals surface area (Å²) in [7, 11) is 6.09. The molecule has 3 aromatic rings. The second kappa shape index (κ2) is 13.4. The standard InChI is InChI=1S/C40H34BrNO9/c1-48-23-11-14-32(50-3)21(15-23)8-5-20-6-9-22(10-7-20)42-39(46)26-13-12-25-27(34(26)40(42)47)18-28-35(31(44)19-29(41)38(28)45)36(25)37-30(43)16-24(49-2)17-33(37)51-4/h5-12,14-17,19,26-27,34,36,43H,13,18H2,1-4H3. The highest BCUT2D eigenvalue weighted by molar-refractivity contribution is 9.12. The number of Topliss-reactive ketones (excluding diaryl/α,β-unsaturated/α-hetero) is 1. The minimum Gasteiger partial charge on any atom is -0.507 e. The van der Waals surface area contributed by atoms with E-state index in [1.54, 1.807) is 32.4 Å². The second-order valence-electron chi connectivity index (χ2n) is 12.7. The van der Waals surface area contributed by atoms with Crippen LogP contribution in [0.5, 0.6) is 28.7 Å². The molecule has 260 valence electrons. The molecule has 0 saturated carbocycles. The summed E-state index contributed by atoms with van der Waals surface area (Å²) in [5, 5.41) is 11.3. The van der Waals surface area contributed by atoms with E-state index in [-0.39, 0.29) is 68.9 Å². The molecule has 2 amide bonds. The number of methoxy groups -OCH3 is 4. The molecule has 0 aromatic heterocycles. The summed E-state index contributed by atoms with van der Waals surface area (Å²) in [6.45, 7) is 0. The highest BCUT2D eigenvalue weighted by atomic mass is 79.9. The lowest BCUT2D eigenvalue weighted by Crippen LogP contribution is -2.39. The van der Waals surface area contributed by atoms with Crippen molar-refractivity contribution >= 4 is 57.2 Å². The van der Waals surface area contributed by atoms with Crippen LogP contribution in [0.4, 0.5) is 5.69 Å². The number of imide groups is 1. The van der Waals surface area contributed by atoms with Crippen molar-refractivity contribution in [3.63, 3.8) is 0 Å². The molecule has 4 atom stereocenters. The van der Waals surface area contributed by atoms with Crippen LogP contribution in [-0.4, -0.2) is 56.9 Å². The topological polar surface area (TPSA) is 129 Å². The number of hydrogen-bond acceptors (Lipinski definition) is 9. The molecule has 1 aliphatic heterocycles. The molecule has 1 fully saturated rings. The molecular formula is C40H34BrNO9. The van der Waals surface area contributed by atoms with Crippen molar-refractivity contribution in [3.05, 3.63) is 105 Å². The normalized spacial score (nSPS) is 22.7. The lowest BCUT2D eigenvalue weighted by molar-refractivity contribution is -0.123. The van der Waals surface area contributed by atoms with Gasteiger partial charge in [-0.15, -0.1) is 0 Å². The number of carbonyl (C=O) groups excluding carboxylic acids is 4. The molecule has 4 aliphatic rings. The maximum Gasteiger partial charge on any atom is 0.238 e. The van der Waals surface area contributed by atoms with E-state index in [9.17, 15) is 24.3 Å². The molecule has 3 aromatic carbocycles. The first-order chi connectivity index (χ1) is 24.6. The molecule has 3 aliphatic carbocycles. The highest BCUT2D eigenvalue weighted by Gasteiger charge is 2.57. The minimum atomic E-state index is -0.889. The summed E-state index contributed by atoms with van der Waals surface area (Å²) in [6.07, 6.45) is 7.27. The van der Waals surface area contributed by atoms with Gasteiger partial charge in [-0.3, -0.25) is 24.1 Å². The van der Waals surface area contributed by atoms with Gasteiger partial charge in [-0.05, 0) is 70.6 Å². The number of allylic oxidation sites excluding steroid dienone is 6. The molecule has 11 heteroatoms. The van der Waals surface area contributed by atoms with Crippen LogP contribution in [0, 0.1) is 17.8 Å². The maximum absolute atomic E-state index is 14.4. The van der Waals surface area contributed by atoms with Crippen LogP contribution in [0.3, 0.4) is 0 Å². The van der Waals surface area contributed by atoms with Crippen LogP contribution in [0.1, 0.15) is 35.4 Å². The first-order valence-corrected chi connectivity index (χ1v) is 17.1. The quantitative estimate of drug-likeness (QED) is 0.118. The van der Waals surface area contributed by atoms with Crippen molar-refractivity contribution in [2.24, 2.45) is 17.8 Å². The van der Waals surface area contributed by atoms with Gasteiger partial charge < -0.3 is 24.1 Å². The third kappa shape index (κ3) is 5.65. The van der Waals surface area contributed by atoms with Gasteiger partial charge in [0.05, 0.1) is 50.4 Å². The van der Waals surface area contributed by atoms with Gasteiger partial charge in [0.25, 0.3) is 0 Å². The van der Waals surface area contributed by atoms with Gasteiger partial charge >= 0.3 is 0 Å². The lowest BCUT2D eigenvalue weighted by atomic mass is 9.59. The third-order valence-corrected chi connectivity index (χ3v) is 10.8. The molecule has 0 radical (unpaired) electrons. The monoisotopic (exact) mass is 751 g/mol. The minimum absolute atomic E-state index is 0.0932. The molecule has 1 heterocycles. The zero-order valence-electron chi connectivity index (χ0n) is 28.3. The third-order valence-electron chi connectivity index (χ3n) is 10.2. The van der Waals surface area contributed by atoms with Crippen LogP contribution in [0.15, 0.2) is 88.0 Å². The van der Waals surface area contributed by atoms with Gasteiger partial charge in [-0.2, -0.15) is 0 Å². The number of carbonyl (C=O) groups is 4. The Hall–Kier alpha value is -5.42. The van der Waals surface area contributed by atoms with Crippen LogP contribution >= 0.6 is 15.9 Å². The van der Waals surface area contributed by atoms with Crippen molar-refractivity contribution in [2.45, 2.75) is 18.8 Å². The van der Waals surface area contributed by atoms with Gasteiger partial charge in [0, 0.05) is 46.4 Å². The number of anilines is 1. The largest absolute Gasteiger partial charge is 0.507 e.